The predicted octanol–water partition coefficient (Wildman–Crippen LogP) is 4.74. The van der Waals surface area contributed by atoms with Gasteiger partial charge in [0, 0.05) is 38.5 Å². The molecule has 5 rings (SSSR count). The van der Waals surface area contributed by atoms with Crippen LogP contribution in [0, 0.1) is 0 Å². The number of benzene rings is 3. The fourth-order valence-corrected chi connectivity index (χ4v) is 5.13. The van der Waals surface area contributed by atoms with Crippen LogP contribution < -0.4 is 5.32 Å². The molecule has 1 atom stereocenters. The van der Waals surface area contributed by atoms with Gasteiger partial charge in [0.1, 0.15) is 0 Å². The molecular weight excluding hydrogens is 464 g/mol. The number of aromatic carboxylic acids is 1. The number of carboxylic acid groups (broad SMARTS) is 1. The van der Waals surface area contributed by atoms with Gasteiger partial charge in [-0.3, -0.25) is 9.89 Å². The normalized spacial score (nSPS) is 18.8. The van der Waals surface area contributed by atoms with E-state index in [0.717, 1.165) is 57.3 Å². The SMILES string of the molecule is O=C(O)c1cccc(NC(=NC[C@@H]2CCCO2)N2CCN(C(c3ccccc3)c3ccccc3)CC2)c1. The van der Waals surface area contributed by atoms with Crippen LogP contribution in [-0.2, 0) is 4.74 Å². The summed E-state index contributed by atoms with van der Waals surface area (Å²) in [5.41, 5.74) is 3.55. The van der Waals surface area contributed by atoms with E-state index in [1.54, 1.807) is 18.2 Å². The lowest BCUT2D eigenvalue weighted by atomic mass is 9.96. The highest BCUT2D eigenvalue weighted by Crippen LogP contribution is 2.29. The van der Waals surface area contributed by atoms with E-state index in [9.17, 15) is 9.90 Å². The van der Waals surface area contributed by atoms with Gasteiger partial charge in [0.05, 0.1) is 24.3 Å². The quantitative estimate of drug-likeness (QED) is 0.362. The van der Waals surface area contributed by atoms with Crippen LogP contribution in [0.3, 0.4) is 0 Å². The molecule has 0 aliphatic carbocycles. The molecule has 0 saturated carbocycles. The summed E-state index contributed by atoms with van der Waals surface area (Å²) in [4.78, 5) is 21.2. The van der Waals surface area contributed by atoms with Gasteiger partial charge in [0.15, 0.2) is 5.96 Å². The third-order valence-corrected chi connectivity index (χ3v) is 7.04. The molecule has 0 radical (unpaired) electrons. The molecule has 2 fully saturated rings. The van der Waals surface area contributed by atoms with Crippen LogP contribution in [0.5, 0.6) is 0 Å². The first-order valence-corrected chi connectivity index (χ1v) is 13.0. The molecule has 7 nitrogen and oxygen atoms in total. The Morgan fingerprint density at radius 3 is 2.22 bits per heavy atom. The summed E-state index contributed by atoms with van der Waals surface area (Å²) in [5, 5.41) is 12.8. The van der Waals surface area contributed by atoms with Crippen LogP contribution in [0.15, 0.2) is 89.9 Å². The maximum Gasteiger partial charge on any atom is 0.335 e. The molecule has 7 heteroatoms. The first-order valence-electron chi connectivity index (χ1n) is 13.0. The second-order valence-electron chi connectivity index (χ2n) is 9.56. The van der Waals surface area contributed by atoms with Crippen molar-refractivity contribution in [3.63, 3.8) is 0 Å². The fraction of sp³-hybridized carbons (Fsp3) is 0.333. The lowest BCUT2D eigenvalue weighted by molar-refractivity contribution is 0.0697. The maximum absolute atomic E-state index is 11.5. The summed E-state index contributed by atoms with van der Waals surface area (Å²) >= 11 is 0. The van der Waals surface area contributed by atoms with Gasteiger partial charge in [-0.1, -0.05) is 66.7 Å². The highest BCUT2D eigenvalue weighted by molar-refractivity contribution is 5.95. The Hall–Kier alpha value is -3.68. The third-order valence-electron chi connectivity index (χ3n) is 7.04. The zero-order chi connectivity index (χ0) is 25.5. The molecule has 2 aliphatic heterocycles. The van der Waals surface area contributed by atoms with Crippen molar-refractivity contribution in [3.05, 3.63) is 102 Å². The number of nitrogens with one attached hydrogen (secondary N) is 1. The zero-order valence-corrected chi connectivity index (χ0v) is 21.0. The minimum Gasteiger partial charge on any atom is -0.478 e. The molecule has 3 aromatic carbocycles. The number of piperazine rings is 1. The zero-order valence-electron chi connectivity index (χ0n) is 21.0. The summed E-state index contributed by atoms with van der Waals surface area (Å²) in [7, 11) is 0. The fourth-order valence-electron chi connectivity index (χ4n) is 5.13. The van der Waals surface area contributed by atoms with Gasteiger partial charge >= 0.3 is 5.97 Å². The number of carbonyl (C=O) groups is 1. The lowest BCUT2D eigenvalue weighted by Crippen LogP contribution is -2.51. The summed E-state index contributed by atoms with van der Waals surface area (Å²) < 4.78 is 5.80. The molecule has 3 aromatic rings. The van der Waals surface area contributed by atoms with Crippen molar-refractivity contribution in [1.29, 1.82) is 0 Å². The summed E-state index contributed by atoms with van der Waals surface area (Å²) in [6.07, 6.45) is 2.24. The molecule has 2 heterocycles. The number of nitrogens with zero attached hydrogens (tertiary/aromatic N) is 3. The van der Waals surface area contributed by atoms with E-state index in [1.807, 2.05) is 6.07 Å². The third kappa shape index (κ3) is 6.37. The first kappa shape index (κ1) is 25.0. The number of carboxylic acids is 1. The highest BCUT2D eigenvalue weighted by Gasteiger charge is 2.28. The van der Waals surface area contributed by atoms with Crippen molar-refractivity contribution in [2.24, 2.45) is 4.99 Å². The number of aliphatic imine (C=N–C) groups is 1. The monoisotopic (exact) mass is 498 g/mol. The lowest BCUT2D eigenvalue weighted by Gasteiger charge is -2.41. The van der Waals surface area contributed by atoms with Gasteiger partial charge in [0.2, 0.25) is 0 Å². The van der Waals surface area contributed by atoms with E-state index in [2.05, 4.69) is 75.8 Å². The Labute approximate surface area is 218 Å². The van der Waals surface area contributed by atoms with Gasteiger partial charge in [-0.25, -0.2) is 4.79 Å². The molecule has 0 spiro atoms. The van der Waals surface area contributed by atoms with E-state index >= 15 is 0 Å². The van der Waals surface area contributed by atoms with Crippen molar-refractivity contribution < 1.29 is 14.6 Å². The van der Waals surface area contributed by atoms with E-state index in [-0.39, 0.29) is 17.7 Å². The average molecular weight is 499 g/mol. The first-order chi connectivity index (χ1) is 18.2. The Kier molecular flexibility index (Phi) is 8.13. The summed E-state index contributed by atoms with van der Waals surface area (Å²) in [6, 6.07) is 28.4. The van der Waals surface area contributed by atoms with Crippen molar-refractivity contribution in [2.45, 2.75) is 25.0 Å². The number of hydrogen-bond acceptors (Lipinski definition) is 4. The molecule has 37 heavy (non-hydrogen) atoms. The highest BCUT2D eigenvalue weighted by atomic mass is 16.5. The van der Waals surface area contributed by atoms with Crippen LogP contribution in [0.2, 0.25) is 0 Å². The molecule has 0 bridgehead atoms. The second kappa shape index (κ2) is 12.0. The molecule has 2 N–H and O–H groups in total. The van der Waals surface area contributed by atoms with E-state index in [4.69, 9.17) is 9.73 Å². The Bertz CT molecular complexity index is 1150. The topological polar surface area (TPSA) is 77.4 Å². The van der Waals surface area contributed by atoms with Gasteiger partial charge < -0.3 is 20.1 Å². The molecule has 192 valence electrons. The summed E-state index contributed by atoms with van der Waals surface area (Å²) in [5.74, 6) is -0.170. The van der Waals surface area contributed by atoms with Crippen LogP contribution in [0.25, 0.3) is 0 Å². The standard InChI is InChI=1S/C30H34N4O3/c35-29(36)25-13-7-14-26(21-25)32-30(31-22-27-15-8-20-37-27)34-18-16-33(17-19-34)28(23-9-3-1-4-10-23)24-11-5-2-6-12-24/h1-7,9-14,21,27-28H,8,15-20,22H2,(H,31,32)(H,35,36)/t27-/m0/s1. The van der Waals surface area contributed by atoms with Gasteiger partial charge in [-0.05, 0) is 42.2 Å². The number of guanidine groups is 1. The van der Waals surface area contributed by atoms with Crippen LogP contribution in [0.1, 0.15) is 40.4 Å². The van der Waals surface area contributed by atoms with Crippen molar-refractivity contribution in [2.75, 3.05) is 44.6 Å². The van der Waals surface area contributed by atoms with Crippen LogP contribution in [0.4, 0.5) is 5.69 Å². The molecule has 0 unspecified atom stereocenters. The molecule has 2 aliphatic rings. The van der Waals surface area contributed by atoms with Crippen molar-refractivity contribution >= 4 is 17.6 Å². The van der Waals surface area contributed by atoms with Gasteiger partial charge in [-0.15, -0.1) is 0 Å². The number of hydrogen-bond donors (Lipinski definition) is 2. The summed E-state index contributed by atoms with van der Waals surface area (Å²) in [6.45, 7) is 4.77. The Balaban J connectivity index is 1.33. The van der Waals surface area contributed by atoms with E-state index in [0.29, 0.717) is 6.54 Å². The predicted molar refractivity (Wildman–Crippen MR) is 146 cm³/mol. The van der Waals surface area contributed by atoms with E-state index < -0.39 is 5.97 Å². The van der Waals surface area contributed by atoms with Crippen molar-refractivity contribution in [3.8, 4) is 0 Å². The van der Waals surface area contributed by atoms with Gasteiger partial charge in [0.25, 0.3) is 0 Å². The van der Waals surface area contributed by atoms with Crippen LogP contribution in [-0.4, -0.2) is 72.3 Å². The van der Waals surface area contributed by atoms with Gasteiger partial charge in [-0.2, -0.15) is 0 Å². The molecule has 0 aromatic heterocycles. The maximum atomic E-state index is 11.5. The van der Waals surface area contributed by atoms with Crippen LogP contribution >= 0.6 is 0 Å². The number of rotatable bonds is 7. The largest absolute Gasteiger partial charge is 0.478 e. The Morgan fingerprint density at radius 2 is 1.62 bits per heavy atom. The Morgan fingerprint density at radius 1 is 0.946 bits per heavy atom. The molecular formula is C30H34N4O3. The number of anilines is 1. The minimum absolute atomic E-state index is 0.143. The second-order valence-corrected chi connectivity index (χ2v) is 9.56. The van der Waals surface area contributed by atoms with Crippen molar-refractivity contribution in [1.82, 2.24) is 9.80 Å². The minimum atomic E-state index is -0.942. The van der Waals surface area contributed by atoms with E-state index in [1.165, 1.54) is 11.1 Å². The molecule has 0 amide bonds. The average Bonchev–Trinajstić information content (AvgIpc) is 3.47. The smallest absolute Gasteiger partial charge is 0.335 e. The number of ether oxygens (including phenoxy) is 1. The molecule has 2 saturated heterocycles.